The number of ether oxygens (including phenoxy) is 1. The van der Waals surface area contributed by atoms with E-state index in [2.05, 4.69) is 10.0 Å². The molecule has 1 saturated carbocycles. The van der Waals surface area contributed by atoms with E-state index in [1.165, 1.54) is 24.3 Å². The van der Waals surface area contributed by atoms with E-state index in [9.17, 15) is 18.0 Å². The van der Waals surface area contributed by atoms with Crippen molar-refractivity contribution in [2.24, 2.45) is 0 Å². The molecular formula is C25H24N2O5S. The summed E-state index contributed by atoms with van der Waals surface area (Å²) in [6.45, 7) is 0.120. The van der Waals surface area contributed by atoms with E-state index in [-0.39, 0.29) is 23.0 Å². The van der Waals surface area contributed by atoms with Crippen molar-refractivity contribution < 1.29 is 22.7 Å². The van der Waals surface area contributed by atoms with Crippen LogP contribution in [-0.2, 0) is 26.1 Å². The largest absolute Gasteiger partial charge is 0.444 e. The summed E-state index contributed by atoms with van der Waals surface area (Å²) in [5.41, 5.74) is 1.39. The van der Waals surface area contributed by atoms with E-state index in [0.717, 1.165) is 18.4 Å². The summed E-state index contributed by atoms with van der Waals surface area (Å²) < 4.78 is 33.5. The first-order valence-corrected chi connectivity index (χ1v) is 12.1. The summed E-state index contributed by atoms with van der Waals surface area (Å²) in [5, 5.41) is 2.86. The molecule has 3 aromatic rings. The maximum atomic E-state index is 12.9. The second-order valence-corrected chi connectivity index (χ2v) is 9.58. The third-order valence-corrected chi connectivity index (χ3v) is 6.58. The summed E-state index contributed by atoms with van der Waals surface area (Å²) in [5.74, 6) is -1.18. The van der Waals surface area contributed by atoms with E-state index < -0.39 is 28.0 Å². The van der Waals surface area contributed by atoms with Crippen LogP contribution in [0.1, 0.15) is 40.4 Å². The monoisotopic (exact) mass is 464 g/mol. The molecule has 1 amide bonds. The van der Waals surface area contributed by atoms with Crippen molar-refractivity contribution in [3.05, 3.63) is 102 Å². The normalized spacial score (nSPS) is 14.3. The number of esters is 1. The summed E-state index contributed by atoms with van der Waals surface area (Å²) in [6.07, 6.45) is 0.671. The Morgan fingerprint density at radius 1 is 0.909 bits per heavy atom. The van der Waals surface area contributed by atoms with E-state index in [1.54, 1.807) is 30.3 Å². The van der Waals surface area contributed by atoms with Gasteiger partial charge in [0.05, 0.1) is 10.5 Å². The molecule has 3 aromatic carbocycles. The van der Waals surface area contributed by atoms with Crippen LogP contribution in [0, 0.1) is 0 Å². The maximum Gasteiger partial charge on any atom is 0.339 e. The predicted octanol–water partition coefficient (Wildman–Crippen LogP) is 3.34. The van der Waals surface area contributed by atoms with Gasteiger partial charge in [-0.1, -0.05) is 66.7 Å². The van der Waals surface area contributed by atoms with Gasteiger partial charge in [0.15, 0.2) is 0 Å². The molecule has 8 heteroatoms. The van der Waals surface area contributed by atoms with Gasteiger partial charge in [-0.05, 0) is 36.6 Å². The minimum atomic E-state index is -3.86. The first-order valence-electron chi connectivity index (χ1n) is 10.6. The van der Waals surface area contributed by atoms with Crippen LogP contribution in [0.2, 0.25) is 0 Å². The van der Waals surface area contributed by atoms with Gasteiger partial charge in [-0.3, -0.25) is 4.79 Å². The lowest BCUT2D eigenvalue weighted by Gasteiger charge is -2.18. The summed E-state index contributed by atoms with van der Waals surface area (Å²) in [4.78, 5) is 25.5. The van der Waals surface area contributed by atoms with Crippen LogP contribution in [-0.4, -0.2) is 26.3 Å². The molecule has 1 aliphatic carbocycles. The maximum absolute atomic E-state index is 12.9. The molecule has 0 aliphatic heterocycles. The standard InChI is InChI=1S/C25H24N2O5S/c28-24(27-21-14-15-21)23(19-10-5-2-6-11-19)32-25(29)20-12-7-13-22(16-20)33(30,31)26-17-18-8-3-1-4-9-18/h1-13,16,21,23,26H,14-15,17H2,(H,27,28). The molecule has 1 unspecified atom stereocenters. The van der Waals surface area contributed by atoms with Crippen molar-refractivity contribution in [1.29, 1.82) is 0 Å². The molecule has 0 saturated heterocycles. The molecule has 1 atom stereocenters. The van der Waals surface area contributed by atoms with Gasteiger partial charge in [0.1, 0.15) is 0 Å². The van der Waals surface area contributed by atoms with Crippen molar-refractivity contribution >= 4 is 21.9 Å². The van der Waals surface area contributed by atoms with Gasteiger partial charge in [0.25, 0.3) is 5.91 Å². The fourth-order valence-electron chi connectivity index (χ4n) is 3.23. The number of amides is 1. The topological polar surface area (TPSA) is 102 Å². The molecule has 1 fully saturated rings. The Morgan fingerprint density at radius 2 is 1.58 bits per heavy atom. The van der Waals surface area contributed by atoms with E-state index in [0.29, 0.717) is 5.56 Å². The number of carbonyl (C=O) groups excluding carboxylic acids is 2. The molecule has 2 N–H and O–H groups in total. The zero-order valence-electron chi connectivity index (χ0n) is 17.8. The molecule has 170 valence electrons. The van der Waals surface area contributed by atoms with Crippen molar-refractivity contribution in [3.8, 4) is 0 Å². The lowest BCUT2D eigenvalue weighted by Crippen LogP contribution is -2.33. The number of rotatable bonds is 9. The zero-order valence-corrected chi connectivity index (χ0v) is 18.6. The molecule has 1 aliphatic rings. The van der Waals surface area contributed by atoms with Crippen LogP contribution in [0.25, 0.3) is 0 Å². The Balaban J connectivity index is 1.50. The highest BCUT2D eigenvalue weighted by molar-refractivity contribution is 7.89. The molecular weight excluding hydrogens is 440 g/mol. The van der Waals surface area contributed by atoms with Gasteiger partial charge in [0, 0.05) is 18.2 Å². The van der Waals surface area contributed by atoms with Crippen LogP contribution in [0.5, 0.6) is 0 Å². The molecule has 0 heterocycles. The van der Waals surface area contributed by atoms with Crippen molar-refractivity contribution in [1.82, 2.24) is 10.0 Å². The van der Waals surface area contributed by atoms with E-state index in [4.69, 9.17) is 4.74 Å². The Bertz CT molecular complexity index is 1230. The lowest BCUT2D eigenvalue weighted by molar-refractivity contribution is -0.130. The van der Waals surface area contributed by atoms with Crippen molar-refractivity contribution in [2.45, 2.75) is 36.4 Å². The highest BCUT2D eigenvalue weighted by atomic mass is 32.2. The van der Waals surface area contributed by atoms with Crippen LogP contribution in [0.15, 0.2) is 89.8 Å². The van der Waals surface area contributed by atoms with E-state index in [1.807, 2.05) is 30.3 Å². The predicted molar refractivity (Wildman–Crippen MR) is 123 cm³/mol. The van der Waals surface area contributed by atoms with Crippen LogP contribution < -0.4 is 10.0 Å². The SMILES string of the molecule is O=C(OC(C(=O)NC1CC1)c1ccccc1)c1cccc(S(=O)(=O)NCc2ccccc2)c1. The smallest absolute Gasteiger partial charge is 0.339 e. The molecule has 7 nitrogen and oxygen atoms in total. The fourth-order valence-corrected chi connectivity index (χ4v) is 4.29. The van der Waals surface area contributed by atoms with Gasteiger partial charge >= 0.3 is 5.97 Å². The van der Waals surface area contributed by atoms with Crippen LogP contribution >= 0.6 is 0 Å². The molecule has 0 spiro atoms. The Morgan fingerprint density at radius 3 is 2.24 bits per heavy atom. The van der Waals surface area contributed by atoms with Gasteiger partial charge < -0.3 is 10.1 Å². The molecule has 0 bridgehead atoms. The number of benzene rings is 3. The number of hydrogen-bond donors (Lipinski definition) is 2. The first-order chi connectivity index (χ1) is 15.9. The number of sulfonamides is 1. The van der Waals surface area contributed by atoms with Gasteiger partial charge in [-0.15, -0.1) is 0 Å². The number of carbonyl (C=O) groups is 2. The van der Waals surface area contributed by atoms with Gasteiger partial charge in [0.2, 0.25) is 16.1 Å². The van der Waals surface area contributed by atoms with E-state index >= 15 is 0 Å². The summed E-state index contributed by atoms with van der Waals surface area (Å²) in [6, 6.07) is 23.5. The average molecular weight is 465 g/mol. The summed E-state index contributed by atoms with van der Waals surface area (Å²) >= 11 is 0. The first kappa shape index (κ1) is 22.7. The molecule has 0 aromatic heterocycles. The zero-order chi connectivity index (χ0) is 23.3. The fraction of sp³-hybridized carbons (Fsp3) is 0.200. The quantitative estimate of drug-likeness (QED) is 0.473. The Hall–Kier alpha value is -3.49. The lowest BCUT2D eigenvalue weighted by atomic mass is 10.1. The van der Waals surface area contributed by atoms with Crippen molar-refractivity contribution in [2.75, 3.05) is 0 Å². The third-order valence-electron chi connectivity index (χ3n) is 5.18. The minimum absolute atomic E-state index is 0.0396. The second kappa shape index (κ2) is 9.97. The van der Waals surface area contributed by atoms with Gasteiger partial charge in [-0.25, -0.2) is 17.9 Å². The summed E-state index contributed by atoms with van der Waals surface area (Å²) in [7, 11) is -3.86. The number of nitrogens with one attached hydrogen (secondary N) is 2. The van der Waals surface area contributed by atoms with Gasteiger partial charge in [-0.2, -0.15) is 0 Å². The average Bonchev–Trinajstić information content (AvgIpc) is 3.66. The third kappa shape index (κ3) is 6.06. The highest BCUT2D eigenvalue weighted by Gasteiger charge is 2.31. The highest BCUT2D eigenvalue weighted by Crippen LogP contribution is 2.24. The molecule has 0 radical (unpaired) electrons. The Labute approximate surface area is 192 Å². The number of hydrogen-bond acceptors (Lipinski definition) is 5. The minimum Gasteiger partial charge on any atom is -0.444 e. The second-order valence-electron chi connectivity index (χ2n) is 7.82. The van der Waals surface area contributed by atoms with Crippen molar-refractivity contribution in [3.63, 3.8) is 0 Å². The molecule has 4 rings (SSSR count). The van der Waals surface area contributed by atoms with Crippen LogP contribution in [0.3, 0.4) is 0 Å². The molecule has 33 heavy (non-hydrogen) atoms. The van der Waals surface area contributed by atoms with Crippen LogP contribution in [0.4, 0.5) is 0 Å². The Kier molecular flexibility index (Phi) is 6.86.